The highest BCUT2D eigenvalue weighted by atomic mass is 35.5. The Labute approximate surface area is 336 Å². The number of aliphatic carboxylic acids is 1. The van der Waals surface area contributed by atoms with E-state index < -0.39 is 11.4 Å². The van der Waals surface area contributed by atoms with Gasteiger partial charge in [0.05, 0.1) is 19.6 Å². The number of pyridine rings is 2. The largest absolute Gasteiger partial charge is 0.481 e. The molecule has 0 saturated heterocycles. The number of nitrogens with one attached hydrogen (secondary N) is 1. The Morgan fingerprint density at radius 1 is 0.804 bits per heavy atom. The van der Waals surface area contributed by atoms with Crippen LogP contribution in [0, 0.1) is 30.6 Å². The molecule has 2 aromatic carbocycles. The summed E-state index contributed by atoms with van der Waals surface area (Å²) in [5.74, 6) is 1.91. The van der Waals surface area contributed by atoms with Crippen LogP contribution in [0.2, 0.25) is 10.0 Å². The van der Waals surface area contributed by atoms with Crippen LogP contribution in [0.1, 0.15) is 78.3 Å². The standard InChI is InChI=1S/C42H45Cl2N3O6.CO2/c1-24-28(19-52-37-33(43)13-27(35(46-37)50-3)11-12-40-15-26(16-40)17-40)7-5-9-31(24)32-10-6-8-29(25(32)2)20-53-38-34(44)14-30(36(47-38)51-4)18-45-42-21-41(22-42,23-42)39(48)49;2-1-3/h5-10,13-14,26,45H,11-12,15-23H2,1-4H3,(H,48,49);. The number of halogens is 2. The molecule has 2 N–H and O–H groups in total. The Hall–Kier alpha value is -4.67. The molecule has 6 aliphatic rings. The first-order valence-corrected chi connectivity index (χ1v) is 19.5. The Kier molecular flexibility index (Phi) is 11.1. The molecule has 0 unspecified atom stereocenters. The second-order valence-electron chi connectivity index (χ2n) is 16.0. The smallest absolute Gasteiger partial charge is 0.373 e. The van der Waals surface area contributed by atoms with Gasteiger partial charge in [-0.15, -0.1) is 0 Å². The van der Waals surface area contributed by atoms with Crippen molar-refractivity contribution >= 4 is 35.3 Å². The fourth-order valence-electron chi connectivity index (χ4n) is 9.25. The Morgan fingerprint density at radius 3 is 1.73 bits per heavy atom. The minimum absolute atomic E-state index is 0.127. The second kappa shape index (κ2) is 15.7. The molecule has 294 valence electrons. The van der Waals surface area contributed by atoms with E-state index >= 15 is 0 Å². The molecule has 2 aromatic heterocycles. The van der Waals surface area contributed by atoms with Crippen molar-refractivity contribution < 1.29 is 38.4 Å². The maximum Gasteiger partial charge on any atom is 0.373 e. The lowest BCUT2D eigenvalue weighted by atomic mass is 9.39. The van der Waals surface area contributed by atoms with Gasteiger partial charge in [0.15, 0.2) is 0 Å². The van der Waals surface area contributed by atoms with Crippen molar-refractivity contribution in [2.75, 3.05) is 14.2 Å². The predicted molar refractivity (Wildman–Crippen MR) is 208 cm³/mol. The number of aryl methyl sites for hydroxylation is 1. The van der Waals surface area contributed by atoms with Gasteiger partial charge >= 0.3 is 12.1 Å². The first kappa shape index (κ1) is 39.6. The van der Waals surface area contributed by atoms with E-state index in [9.17, 15) is 9.90 Å². The van der Waals surface area contributed by atoms with Crippen LogP contribution >= 0.6 is 23.2 Å². The predicted octanol–water partition coefficient (Wildman–Crippen LogP) is 8.49. The highest BCUT2D eigenvalue weighted by Crippen LogP contribution is 2.67. The molecule has 13 heteroatoms. The van der Waals surface area contributed by atoms with Crippen LogP contribution in [0.4, 0.5) is 0 Å². The second-order valence-corrected chi connectivity index (χ2v) is 16.8. The molecule has 0 atom stereocenters. The third-order valence-corrected chi connectivity index (χ3v) is 13.0. The van der Waals surface area contributed by atoms with Crippen molar-refractivity contribution in [2.45, 2.75) is 90.5 Å². The van der Waals surface area contributed by atoms with Crippen molar-refractivity contribution in [1.29, 1.82) is 0 Å². The van der Waals surface area contributed by atoms with Crippen LogP contribution in [0.5, 0.6) is 23.5 Å². The van der Waals surface area contributed by atoms with E-state index in [2.05, 4.69) is 47.3 Å². The van der Waals surface area contributed by atoms with Crippen LogP contribution < -0.4 is 24.3 Å². The van der Waals surface area contributed by atoms with Gasteiger partial charge in [-0.1, -0.05) is 59.6 Å². The number of methoxy groups -OCH3 is 2. The third kappa shape index (κ3) is 7.45. The van der Waals surface area contributed by atoms with Crippen LogP contribution in [0.3, 0.4) is 0 Å². The van der Waals surface area contributed by atoms with E-state index in [0.717, 1.165) is 63.3 Å². The molecule has 10 rings (SSSR count). The molecule has 4 bridgehead atoms. The zero-order valence-corrected chi connectivity index (χ0v) is 33.4. The number of hydrogen-bond donors (Lipinski definition) is 2. The van der Waals surface area contributed by atoms with E-state index in [-0.39, 0.29) is 24.2 Å². The van der Waals surface area contributed by atoms with Gasteiger partial charge in [0, 0.05) is 23.2 Å². The first-order valence-electron chi connectivity index (χ1n) is 18.7. The maximum absolute atomic E-state index is 11.5. The molecule has 11 nitrogen and oxygen atoms in total. The molecule has 0 radical (unpaired) electrons. The Morgan fingerprint density at radius 2 is 1.29 bits per heavy atom. The molecule has 56 heavy (non-hydrogen) atoms. The van der Waals surface area contributed by atoms with Gasteiger partial charge in [-0.05, 0) is 122 Å². The lowest BCUT2D eigenvalue weighted by molar-refractivity contribution is -0.199. The fourth-order valence-corrected chi connectivity index (χ4v) is 9.71. The molecule has 0 amide bonds. The lowest BCUT2D eigenvalue weighted by Crippen LogP contribution is -2.76. The molecule has 0 spiro atoms. The summed E-state index contributed by atoms with van der Waals surface area (Å²) in [6.45, 7) is 5.24. The minimum atomic E-state index is -0.703. The summed E-state index contributed by atoms with van der Waals surface area (Å²) in [5, 5.41) is 13.8. The lowest BCUT2D eigenvalue weighted by Gasteiger charge is -2.68. The van der Waals surface area contributed by atoms with Crippen molar-refractivity contribution in [1.82, 2.24) is 15.3 Å². The number of carbonyl (C=O) groups excluding carboxylic acids is 2. The van der Waals surface area contributed by atoms with Gasteiger partial charge in [0.1, 0.15) is 23.3 Å². The Bertz CT molecular complexity index is 2170. The summed E-state index contributed by atoms with van der Waals surface area (Å²) in [5.41, 5.74) is 8.10. The van der Waals surface area contributed by atoms with Gasteiger partial charge in [0.2, 0.25) is 23.5 Å². The first-order chi connectivity index (χ1) is 26.9. The van der Waals surface area contributed by atoms with E-state index in [4.69, 9.17) is 51.7 Å². The third-order valence-electron chi connectivity index (χ3n) is 12.5. The molecular formula is C43H45Cl2N3O8. The topological polar surface area (TPSA) is 146 Å². The molecule has 6 fully saturated rings. The van der Waals surface area contributed by atoms with Gasteiger partial charge in [-0.2, -0.15) is 19.6 Å². The van der Waals surface area contributed by atoms with Gasteiger partial charge < -0.3 is 29.4 Å². The van der Waals surface area contributed by atoms with Gasteiger partial charge in [0.25, 0.3) is 0 Å². The number of hydrogen-bond acceptors (Lipinski definition) is 10. The zero-order chi connectivity index (χ0) is 39.8. The molecule has 4 aromatic rings. The number of carbonyl (C=O) groups is 1. The summed E-state index contributed by atoms with van der Waals surface area (Å²) in [6, 6.07) is 16.2. The monoisotopic (exact) mass is 801 g/mol. The molecule has 6 saturated carbocycles. The average Bonchev–Trinajstić information content (AvgIpc) is 3.10. The van der Waals surface area contributed by atoms with Crippen LogP contribution in [0.15, 0.2) is 48.5 Å². The van der Waals surface area contributed by atoms with Gasteiger partial charge in [-0.25, -0.2) is 0 Å². The van der Waals surface area contributed by atoms with Crippen LogP contribution in [-0.4, -0.2) is 47.0 Å². The number of carboxylic acids is 1. The van der Waals surface area contributed by atoms with Crippen LogP contribution in [-0.2, 0) is 40.6 Å². The summed E-state index contributed by atoms with van der Waals surface area (Å²) in [4.78, 5) is 37.0. The number of carboxylic acid groups (broad SMARTS) is 1. The molecule has 0 aliphatic heterocycles. The normalized spacial score (nSPS) is 23.4. The number of rotatable bonds is 16. The number of ether oxygens (including phenoxy) is 4. The van der Waals surface area contributed by atoms with Gasteiger partial charge in [-0.3, -0.25) is 4.79 Å². The van der Waals surface area contributed by atoms with E-state index in [1.165, 1.54) is 19.3 Å². The summed E-state index contributed by atoms with van der Waals surface area (Å²) in [6.07, 6.45) is 8.35. The van der Waals surface area contributed by atoms with E-state index in [1.54, 1.807) is 20.3 Å². The highest BCUT2D eigenvalue weighted by molar-refractivity contribution is 6.32. The SMILES string of the molecule is COc1nc(OCc2cccc(-c3cccc(COc4nc(OC)c(CNC56CC(C(=O)O)(C5)C6)cc4Cl)c3C)c2C)c(Cl)cc1CCC12CC(C1)C2.O=C=O. The van der Waals surface area contributed by atoms with Crippen molar-refractivity contribution in [2.24, 2.45) is 16.7 Å². The molecule has 2 heterocycles. The fraction of sp³-hybridized carbons (Fsp3) is 0.442. The molecule has 6 aliphatic carbocycles. The number of benzene rings is 2. The minimum Gasteiger partial charge on any atom is -0.481 e. The molecular weight excluding hydrogens is 757 g/mol. The summed E-state index contributed by atoms with van der Waals surface area (Å²) in [7, 11) is 3.21. The van der Waals surface area contributed by atoms with E-state index in [1.807, 2.05) is 24.3 Å². The van der Waals surface area contributed by atoms with Crippen molar-refractivity contribution in [3.8, 4) is 34.6 Å². The number of nitrogens with zero attached hydrogens (tertiary/aromatic N) is 2. The number of aromatic nitrogens is 2. The van der Waals surface area contributed by atoms with Crippen molar-refractivity contribution in [3.05, 3.63) is 92.0 Å². The van der Waals surface area contributed by atoms with E-state index in [0.29, 0.717) is 65.5 Å². The quantitative estimate of drug-likeness (QED) is 0.112. The summed E-state index contributed by atoms with van der Waals surface area (Å²) >= 11 is 13.4. The Balaban J connectivity index is 0.00000155. The average molecular weight is 803 g/mol. The van der Waals surface area contributed by atoms with Crippen molar-refractivity contribution in [3.63, 3.8) is 0 Å². The zero-order valence-electron chi connectivity index (χ0n) is 31.9. The van der Waals surface area contributed by atoms with Crippen LogP contribution in [0.25, 0.3) is 11.1 Å². The maximum atomic E-state index is 11.5. The summed E-state index contributed by atoms with van der Waals surface area (Å²) < 4.78 is 23.7. The highest BCUT2D eigenvalue weighted by Gasteiger charge is 2.71.